The molecule has 0 nitrogen and oxygen atoms in total. The van der Waals surface area contributed by atoms with Gasteiger partial charge in [-0.15, -0.1) is 23.2 Å². The van der Waals surface area contributed by atoms with E-state index in [0.29, 0.717) is 10.0 Å². The number of rotatable bonds is 0. The summed E-state index contributed by atoms with van der Waals surface area (Å²) < 4.78 is 0. The van der Waals surface area contributed by atoms with E-state index in [9.17, 15) is 0 Å². The third-order valence-electron chi connectivity index (χ3n) is 1.06. The van der Waals surface area contributed by atoms with Gasteiger partial charge in [0.1, 0.15) is 0 Å². The number of benzene rings is 1. The van der Waals surface area contributed by atoms with Crippen molar-refractivity contribution in [1.29, 1.82) is 0 Å². The second-order valence-corrected chi connectivity index (χ2v) is 2.63. The zero-order valence-electron chi connectivity index (χ0n) is 5.49. The average Bonchev–Trinajstić information content (AvgIpc) is 1.80. The minimum atomic E-state index is 0. The van der Waals surface area contributed by atoms with Crippen LogP contribution < -0.4 is 0 Å². The van der Waals surface area contributed by atoms with Crippen molar-refractivity contribution in [2.45, 2.75) is 6.92 Å². The Labute approximate surface area is 106 Å². The van der Waals surface area contributed by atoms with E-state index in [1.165, 1.54) is 0 Å². The Hall–Kier alpha value is 1.24. The summed E-state index contributed by atoms with van der Waals surface area (Å²) in [6.07, 6.45) is 0. The van der Waals surface area contributed by atoms with Crippen LogP contribution in [0.2, 0.25) is 10.0 Å². The van der Waals surface area contributed by atoms with Crippen LogP contribution in [0.5, 0.6) is 0 Å². The number of halogens is 2. The first kappa shape index (κ1) is 11.2. The van der Waals surface area contributed by atoms with Gasteiger partial charge in [0, 0.05) is 44.1 Å². The van der Waals surface area contributed by atoms with Crippen molar-refractivity contribution in [3.05, 3.63) is 33.8 Å². The van der Waals surface area contributed by atoms with E-state index >= 15 is 0 Å². The van der Waals surface area contributed by atoms with Gasteiger partial charge in [0.15, 0.2) is 0 Å². The van der Waals surface area contributed by atoms with Crippen LogP contribution >= 0.6 is 23.2 Å². The van der Waals surface area contributed by atoms with Crippen LogP contribution in [0.15, 0.2) is 12.1 Å². The summed E-state index contributed by atoms with van der Waals surface area (Å²) in [5.41, 5.74) is 0.986. The van der Waals surface area contributed by atoms with Crippen molar-refractivity contribution in [3.8, 4) is 0 Å². The predicted molar refractivity (Wildman–Crippen MR) is 40.0 cm³/mol. The molecule has 1 aromatic rings. The number of hydrogen-bond acceptors (Lipinski definition) is 0. The largest absolute Gasteiger partial charge is 0.167 e. The van der Waals surface area contributed by atoms with E-state index in [2.05, 4.69) is 6.07 Å². The van der Waals surface area contributed by atoms with E-state index in [1.54, 1.807) is 12.1 Å². The minimum Gasteiger partial charge on any atom is -0.167 e. The standard InChI is InChI=1S/C7H5Cl2.Ac/c1-5-4-6(8)2-3-7(5)9;/h3-4H,1H3;/q-1;. The molecule has 51 valence electrons. The Balaban J connectivity index is 0.000000810. The maximum atomic E-state index is 5.69. The average molecular weight is 387 g/mol. The summed E-state index contributed by atoms with van der Waals surface area (Å²) >= 11 is 11.3. The van der Waals surface area contributed by atoms with E-state index in [0.717, 1.165) is 5.56 Å². The van der Waals surface area contributed by atoms with Crippen molar-refractivity contribution >= 4 is 23.2 Å². The first-order chi connectivity index (χ1) is 4.20. The number of aryl methyl sites for hydroxylation is 1. The van der Waals surface area contributed by atoms with Gasteiger partial charge in [-0.1, -0.05) is 17.0 Å². The molecule has 1 rings (SSSR count). The van der Waals surface area contributed by atoms with E-state index < -0.39 is 0 Å². The van der Waals surface area contributed by atoms with Crippen molar-refractivity contribution < 1.29 is 44.1 Å². The van der Waals surface area contributed by atoms with E-state index in [4.69, 9.17) is 23.2 Å². The molecular weight excluding hydrogens is 382 g/mol. The Kier molecular flexibility index (Phi) is 5.61. The summed E-state index contributed by atoms with van der Waals surface area (Å²) in [7, 11) is 0. The van der Waals surface area contributed by atoms with Crippen molar-refractivity contribution in [3.63, 3.8) is 0 Å². The molecule has 0 unspecified atom stereocenters. The molecule has 0 saturated carbocycles. The van der Waals surface area contributed by atoms with Gasteiger partial charge in [-0.3, -0.25) is 0 Å². The summed E-state index contributed by atoms with van der Waals surface area (Å²) in [5, 5.41) is 1.32. The van der Waals surface area contributed by atoms with Crippen LogP contribution in [-0.2, 0) is 0 Å². The zero-order valence-corrected chi connectivity index (χ0v) is 11.7. The fraction of sp³-hybridized carbons (Fsp3) is 0.143. The maximum absolute atomic E-state index is 5.69. The molecule has 0 saturated heterocycles. The second-order valence-electron chi connectivity index (χ2n) is 1.81. The fourth-order valence-electron chi connectivity index (χ4n) is 0.547. The monoisotopic (exact) mass is 386 g/mol. The molecule has 3 heteroatoms. The smallest absolute Gasteiger partial charge is 0 e. The molecule has 0 aliphatic heterocycles. The Morgan fingerprint density at radius 1 is 1.40 bits per heavy atom. The Morgan fingerprint density at radius 3 is 2.40 bits per heavy atom. The summed E-state index contributed by atoms with van der Waals surface area (Å²) in [6, 6.07) is 6.22. The number of hydrogen-bond donors (Lipinski definition) is 0. The van der Waals surface area contributed by atoms with Crippen molar-refractivity contribution in [2.24, 2.45) is 0 Å². The normalized spacial score (nSPS) is 8.70. The fourth-order valence-corrected chi connectivity index (χ4v) is 0.874. The van der Waals surface area contributed by atoms with Crippen LogP contribution in [0.25, 0.3) is 0 Å². The molecule has 0 amide bonds. The molecule has 0 atom stereocenters. The van der Waals surface area contributed by atoms with Crippen molar-refractivity contribution in [1.82, 2.24) is 0 Å². The van der Waals surface area contributed by atoms with Gasteiger partial charge < -0.3 is 0 Å². The quantitative estimate of drug-likeness (QED) is 0.601. The van der Waals surface area contributed by atoms with Gasteiger partial charge in [0.25, 0.3) is 0 Å². The molecule has 0 N–H and O–H groups in total. The molecule has 0 aromatic heterocycles. The molecule has 1 radical (unpaired) electrons. The second kappa shape index (κ2) is 4.99. The maximum Gasteiger partial charge on any atom is 0 e. The molecular formula is C7H5AcCl2-. The van der Waals surface area contributed by atoms with Gasteiger partial charge in [-0.05, 0) is 0 Å². The van der Waals surface area contributed by atoms with Gasteiger partial charge in [0.2, 0.25) is 0 Å². The van der Waals surface area contributed by atoms with Gasteiger partial charge in [0.05, 0.1) is 0 Å². The van der Waals surface area contributed by atoms with Gasteiger partial charge >= 0.3 is 0 Å². The van der Waals surface area contributed by atoms with Crippen molar-refractivity contribution in [2.75, 3.05) is 0 Å². The topological polar surface area (TPSA) is 0 Å². The summed E-state index contributed by atoms with van der Waals surface area (Å²) in [5.74, 6) is 0. The third-order valence-corrected chi connectivity index (χ3v) is 1.68. The molecule has 0 aliphatic carbocycles. The van der Waals surface area contributed by atoms with E-state index in [-0.39, 0.29) is 44.1 Å². The molecule has 0 spiro atoms. The zero-order chi connectivity index (χ0) is 6.85. The third kappa shape index (κ3) is 3.09. The molecule has 10 heavy (non-hydrogen) atoms. The van der Waals surface area contributed by atoms with Gasteiger partial charge in [-0.2, -0.15) is 23.7 Å². The van der Waals surface area contributed by atoms with E-state index in [1.807, 2.05) is 6.92 Å². The molecule has 1 aromatic carbocycles. The molecule has 0 bridgehead atoms. The van der Waals surface area contributed by atoms with Crippen LogP contribution in [-0.4, -0.2) is 0 Å². The molecule has 0 heterocycles. The van der Waals surface area contributed by atoms with Crippen LogP contribution in [0.1, 0.15) is 5.56 Å². The van der Waals surface area contributed by atoms with Crippen LogP contribution in [0.3, 0.4) is 0 Å². The van der Waals surface area contributed by atoms with Crippen LogP contribution in [0.4, 0.5) is 0 Å². The molecule has 0 fully saturated rings. The Morgan fingerprint density at radius 2 is 2.00 bits per heavy atom. The summed E-state index contributed by atoms with van der Waals surface area (Å²) in [4.78, 5) is 0. The van der Waals surface area contributed by atoms with Crippen LogP contribution in [0, 0.1) is 57.1 Å². The first-order valence-corrected chi connectivity index (χ1v) is 3.29. The SMILES string of the molecule is Cc1cc(Cl)[c-]cc1Cl.[Ac]. The summed E-state index contributed by atoms with van der Waals surface area (Å²) in [6.45, 7) is 1.90. The minimum absolute atomic E-state index is 0. The Bertz CT molecular complexity index is 223. The molecule has 0 aliphatic rings. The van der Waals surface area contributed by atoms with Gasteiger partial charge in [-0.25, -0.2) is 0 Å². The predicted octanol–water partition coefficient (Wildman–Crippen LogP) is 3.10. The first-order valence-electron chi connectivity index (χ1n) is 2.53.